The zero-order valence-electron chi connectivity index (χ0n) is 19.8. The van der Waals surface area contributed by atoms with E-state index in [2.05, 4.69) is 0 Å². The summed E-state index contributed by atoms with van der Waals surface area (Å²) in [7, 11) is 0. The van der Waals surface area contributed by atoms with Crippen LogP contribution in [0.15, 0.2) is 58.8 Å². The molecule has 6 nitrogen and oxygen atoms in total. The highest BCUT2D eigenvalue weighted by Crippen LogP contribution is 2.71. The van der Waals surface area contributed by atoms with E-state index < -0.39 is 39.2 Å². The van der Waals surface area contributed by atoms with Crippen molar-refractivity contribution < 1.29 is 28.6 Å². The fourth-order valence-corrected chi connectivity index (χ4v) is 8.23. The second-order valence-corrected chi connectivity index (χ2v) is 11.6. The Morgan fingerprint density at radius 2 is 2.03 bits per heavy atom. The Labute approximate surface area is 214 Å². The molecule has 0 aromatic carbocycles. The monoisotopic (exact) mass is 518 g/mol. The Bertz CT molecular complexity index is 1180. The fraction of sp³-hybridized carbons (Fsp3) is 0.519. The number of ketones is 2. The van der Waals surface area contributed by atoms with Crippen LogP contribution >= 0.6 is 23.2 Å². The summed E-state index contributed by atoms with van der Waals surface area (Å²) >= 11 is 13.5. The van der Waals surface area contributed by atoms with E-state index in [1.165, 1.54) is 18.4 Å². The lowest BCUT2D eigenvalue weighted by molar-refractivity contribution is -0.172. The molecule has 8 heteroatoms. The summed E-state index contributed by atoms with van der Waals surface area (Å²) in [5, 5.41) is 11.7. The Morgan fingerprint density at radius 3 is 2.69 bits per heavy atom. The first-order valence-corrected chi connectivity index (χ1v) is 12.7. The van der Waals surface area contributed by atoms with Crippen LogP contribution in [0.25, 0.3) is 0 Å². The van der Waals surface area contributed by atoms with Crippen LogP contribution in [-0.2, 0) is 14.3 Å². The van der Waals surface area contributed by atoms with Crippen molar-refractivity contribution in [2.45, 2.75) is 50.2 Å². The molecule has 0 radical (unpaired) electrons. The second kappa shape index (κ2) is 7.92. The summed E-state index contributed by atoms with van der Waals surface area (Å²) in [6, 6.07) is 3.05. The van der Waals surface area contributed by atoms with E-state index in [1.54, 1.807) is 18.2 Å². The number of aliphatic hydroxyl groups is 1. The molecule has 0 unspecified atom stereocenters. The molecule has 1 aromatic heterocycles. The number of esters is 1. The quantitative estimate of drug-likeness (QED) is 0.460. The van der Waals surface area contributed by atoms with Gasteiger partial charge in [-0.2, -0.15) is 0 Å². The molecule has 0 bridgehead atoms. The molecule has 4 aliphatic carbocycles. The molecule has 0 aliphatic heterocycles. The van der Waals surface area contributed by atoms with E-state index in [1.807, 2.05) is 32.9 Å². The minimum absolute atomic E-state index is 0.00842. The number of hydrogen-bond donors (Lipinski definition) is 1. The molecule has 4 aliphatic rings. The van der Waals surface area contributed by atoms with Gasteiger partial charge in [-0.1, -0.05) is 39.0 Å². The molecular weight excluding hydrogens is 491 g/mol. The molecular formula is C27H28Cl2O6. The van der Waals surface area contributed by atoms with Crippen molar-refractivity contribution in [3.05, 3.63) is 60.1 Å². The van der Waals surface area contributed by atoms with Gasteiger partial charge in [0.05, 0.1) is 23.1 Å². The summed E-state index contributed by atoms with van der Waals surface area (Å²) in [5.41, 5.74) is -2.55. The molecule has 35 heavy (non-hydrogen) atoms. The Morgan fingerprint density at radius 1 is 1.29 bits per heavy atom. The molecule has 186 valence electrons. The maximum absolute atomic E-state index is 13.6. The van der Waals surface area contributed by atoms with Gasteiger partial charge in [-0.3, -0.25) is 9.59 Å². The maximum atomic E-state index is 13.6. The number of alkyl halides is 2. The van der Waals surface area contributed by atoms with Gasteiger partial charge in [-0.05, 0) is 48.6 Å². The van der Waals surface area contributed by atoms with Crippen LogP contribution in [0.3, 0.4) is 0 Å². The van der Waals surface area contributed by atoms with E-state index >= 15 is 0 Å². The summed E-state index contributed by atoms with van der Waals surface area (Å²) in [5.74, 6) is -2.55. The highest BCUT2D eigenvalue weighted by Gasteiger charge is 2.75. The van der Waals surface area contributed by atoms with Gasteiger partial charge in [-0.25, -0.2) is 4.79 Å². The number of aliphatic hydroxyl groups excluding tert-OH is 1. The van der Waals surface area contributed by atoms with Gasteiger partial charge in [0.1, 0.15) is 0 Å². The van der Waals surface area contributed by atoms with Crippen LogP contribution in [0.5, 0.6) is 0 Å². The number of hydrogen-bond acceptors (Lipinski definition) is 6. The number of rotatable bonds is 4. The predicted molar refractivity (Wildman–Crippen MR) is 130 cm³/mol. The molecule has 0 spiro atoms. The third-order valence-electron chi connectivity index (χ3n) is 9.26. The van der Waals surface area contributed by atoms with E-state index in [-0.39, 0.29) is 41.6 Å². The van der Waals surface area contributed by atoms with E-state index in [0.29, 0.717) is 6.42 Å². The second-order valence-electron chi connectivity index (χ2n) is 10.7. The standard InChI is InChI=1S/C27H28Cl2O6/c1-15-11-19-18-7-6-16-12-17(30)8-9-24(16,2)26(18,29)21(31)13-25(19,3)27(15,22(32)14-28)35-23(33)20-5-4-10-34-20/h4-10,12,15,18-19,21,31H,11,13-14H2,1-3H3/t15-,18+,19+,21+,24+,25+,26+,27+/m1/s1. The number of carbonyl (C=O) groups is 3. The molecule has 0 saturated heterocycles. The number of allylic oxidation sites excluding steroid dienone is 6. The van der Waals surface area contributed by atoms with Crippen molar-refractivity contribution in [3.63, 3.8) is 0 Å². The van der Waals surface area contributed by atoms with Crippen LogP contribution in [0.2, 0.25) is 0 Å². The summed E-state index contributed by atoms with van der Waals surface area (Å²) in [4.78, 5) is 37.6. The van der Waals surface area contributed by atoms with Crippen LogP contribution < -0.4 is 0 Å². The van der Waals surface area contributed by atoms with Gasteiger partial charge in [0.15, 0.2) is 17.2 Å². The SMILES string of the molecule is C[C@@H]1C[C@H]2[C@@H]3C=CC4=CC(=O)C=C[C@]4(C)[C@@]3(Cl)[C@@H](O)C[C@]2(C)[C@@]1(OC(=O)c1ccco1)C(=O)CCl. The van der Waals surface area contributed by atoms with Crippen LogP contribution in [-0.4, -0.2) is 45.1 Å². The first-order chi connectivity index (χ1) is 16.5. The van der Waals surface area contributed by atoms with Crippen molar-refractivity contribution >= 4 is 40.7 Å². The number of ether oxygens (including phenoxy) is 1. The van der Waals surface area contributed by atoms with E-state index in [9.17, 15) is 19.5 Å². The lowest BCUT2D eigenvalue weighted by Gasteiger charge is -2.62. The molecule has 2 saturated carbocycles. The minimum atomic E-state index is -1.56. The molecule has 8 atom stereocenters. The first-order valence-electron chi connectivity index (χ1n) is 11.8. The van der Waals surface area contributed by atoms with Gasteiger partial charge in [0.2, 0.25) is 5.76 Å². The highest BCUT2D eigenvalue weighted by atomic mass is 35.5. The third kappa shape index (κ3) is 2.96. The molecule has 5 rings (SSSR count). The summed E-state index contributed by atoms with van der Waals surface area (Å²) in [6.45, 7) is 5.70. The summed E-state index contributed by atoms with van der Waals surface area (Å²) in [6.07, 6.45) is 9.63. The van der Waals surface area contributed by atoms with Crippen molar-refractivity contribution in [1.82, 2.24) is 0 Å². The zero-order chi connectivity index (χ0) is 25.4. The Hall–Kier alpha value is -2.15. The van der Waals surface area contributed by atoms with Gasteiger partial charge in [0.25, 0.3) is 0 Å². The number of furan rings is 1. The molecule has 2 fully saturated rings. The number of fused-ring (bicyclic) bond motifs is 5. The predicted octanol–water partition coefficient (Wildman–Crippen LogP) is 4.65. The molecule has 0 amide bonds. The normalized spacial score (nSPS) is 43.7. The fourth-order valence-electron chi connectivity index (χ4n) is 7.55. The lowest BCUT2D eigenvalue weighted by Crippen LogP contribution is -2.68. The number of halogens is 2. The van der Waals surface area contributed by atoms with Gasteiger partial charge >= 0.3 is 5.97 Å². The highest BCUT2D eigenvalue weighted by molar-refractivity contribution is 6.29. The zero-order valence-corrected chi connectivity index (χ0v) is 21.3. The largest absolute Gasteiger partial charge is 0.457 e. The van der Waals surface area contributed by atoms with Crippen molar-refractivity contribution in [2.24, 2.45) is 28.6 Å². The molecule has 1 aromatic rings. The Balaban J connectivity index is 1.64. The van der Waals surface area contributed by atoms with Crippen molar-refractivity contribution in [2.75, 3.05) is 5.88 Å². The maximum Gasteiger partial charge on any atom is 0.375 e. The van der Waals surface area contributed by atoms with Gasteiger partial charge in [0, 0.05) is 22.7 Å². The number of Topliss-reactive ketones (excluding diaryl/α,β-unsaturated/α-hetero) is 1. The first kappa shape index (κ1) is 24.5. The smallest absolute Gasteiger partial charge is 0.375 e. The third-order valence-corrected chi connectivity index (χ3v) is 10.4. The van der Waals surface area contributed by atoms with Gasteiger partial charge < -0.3 is 14.3 Å². The average molecular weight is 519 g/mol. The summed E-state index contributed by atoms with van der Waals surface area (Å²) < 4.78 is 11.3. The van der Waals surface area contributed by atoms with E-state index in [4.69, 9.17) is 32.4 Å². The van der Waals surface area contributed by atoms with E-state index in [0.717, 1.165) is 5.57 Å². The minimum Gasteiger partial charge on any atom is -0.457 e. The molecule has 1 heterocycles. The Kier molecular flexibility index (Phi) is 5.56. The number of carbonyl (C=O) groups excluding carboxylic acids is 3. The topological polar surface area (TPSA) is 93.8 Å². The van der Waals surface area contributed by atoms with Crippen LogP contribution in [0.1, 0.15) is 44.2 Å². The average Bonchev–Trinajstić information content (AvgIpc) is 3.42. The van der Waals surface area contributed by atoms with Crippen LogP contribution in [0.4, 0.5) is 0 Å². The van der Waals surface area contributed by atoms with Crippen LogP contribution in [0, 0.1) is 28.6 Å². The van der Waals surface area contributed by atoms with Gasteiger partial charge in [-0.15, -0.1) is 23.2 Å². The lowest BCUT2D eigenvalue weighted by atomic mass is 9.47. The van der Waals surface area contributed by atoms with Crippen molar-refractivity contribution in [3.8, 4) is 0 Å². The van der Waals surface area contributed by atoms with Crippen molar-refractivity contribution in [1.29, 1.82) is 0 Å². The molecule has 1 N–H and O–H groups in total.